The Kier molecular flexibility index (Phi) is 4.40. The number of hydrogen-bond donors (Lipinski definition) is 3. The molecule has 3 N–H and O–H groups in total. The minimum Gasteiger partial charge on any atom is -0.393 e. The van der Waals surface area contributed by atoms with Crippen LogP contribution in [0.5, 0.6) is 0 Å². The summed E-state index contributed by atoms with van der Waals surface area (Å²) in [6.07, 6.45) is 4.86. The second-order valence-corrected chi connectivity index (χ2v) is 5.38. The Hall–Kier alpha value is -0.610. The van der Waals surface area contributed by atoms with Crippen LogP contribution in [0.25, 0.3) is 0 Å². The Labute approximate surface area is 103 Å². The third-order valence-corrected chi connectivity index (χ3v) is 4.28. The fourth-order valence-electron chi connectivity index (χ4n) is 3.15. The Morgan fingerprint density at radius 2 is 2.35 bits per heavy atom. The van der Waals surface area contributed by atoms with Gasteiger partial charge in [-0.3, -0.25) is 4.79 Å². The zero-order valence-electron chi connectivity index (χ0n) is 10.6. The monoisotopic (exact) mass is 240 g/mol. The van der Waals surface area contributed by atoms with Gasteiger partial charge < -0.3 is 15.7 Å². The van der Waals surface area contributed by atoms with Crippen LogP contribution in [0, 0.1) is 11.8 Å². The van der Waals surface area contributed by atoms with Crippen molar-refractivity contribution < 1.29 is 9.90 Å². The Balaban J connectivity index is 1.73. The van der Waals surface area contributed by atoms with E-state index >= 15 is 0 Å². The molecule has 2 aliphatic rings. The third kappa shape index (κ3) is 2.99. The van der Waals surface area contributed by atoms with Crippen LogP contribution in [0.3, 0.4) is 0 Å². The molecule has 1 aliphatic heterocycles. The van der Waals surface area contributed by atoms with E-state index in [0.29, 0.717) is 24.8 Å². The second-order valence-electron chi connectivity index (χ2n) is 5.38. The van der Waals surface area contributed by atoms with Gasteiger partial charge in [0.2, 0.25) is 5.91 Å². The van der Waals surface area contributed by atoms with Gasteiger partial charge in [0.15, 0.2) is 0 Å². The highest BCUT2D eigenvalue weighted by molar-refractivity contribution is 5.82. The standard InChI is InChI=1S/C13H24N2O2/c1-2-10(16)6-7-14-13(17)12-11-5-3-4-9(11)8-15-12/h9-12,15-16H,2-8H2,1H3,(H,14,17). The van der Waals surface area contributed by atoms with Gasteiger partial charge in [0, 0.05) is 6.54 Å². The van der Waals surface area contributed by atoms with Crippen LogP contribution in [0.2, 0.25) is 0 Å². The molecule has 98 valence electrons. The van der Waals surface area contributed by atoms with Gasteiger partial charge in [-0.25, -0.2) is 0 Å². The van der Waals surface area contributed by atoms with Crippen LogP contribution >= 0.6 is 0 Å². The Morgan fingerprint density at radius 1 is 1.53 bits per heavy atom. The van der Waals surface area contributed by atoms with Crippen LogP contribution in [-0.2, 0) is 4.79 Å². The van der Waals surface area contributed by atoms with E-state index in [0.717, 1.165) is 13.0 Å². The molecule has 17 heavy (non-hydrogen) atoms. The highest BCUT2D eigenvalue weighted by Gasteiger charge is 2.42. The van der Waals surface area contributed by atoms with Crippen molar-refractivity contribution in [3.05, 3.63) is 0 Å². The maximum Gasteiger partial charge on any atom is 0.237 e. The summed E-state index contributed by atoms with van der Waals surface area (Å²) < 4.78 is 0. The molecule has 1 heterocycles. The van der Waals surface area contributed by atoms with E-state index in [1.807, 2.05) is 6.92 Å². The predicted octanol–water partition coefficient (Wildman–Crippen LogP) is 0.652. The molecule has 1 aliphatic carbocycles. The quantitative estimate of drug-likeness (QED) is 0.661. The van der Waals surface area contributed by atoms with Crippen molar-refractivity contribution in [2.45, 2.75) is 51.2 Å². The predicted molar refractivity (Wildman–Crippen MR) is 66.5 cm³/mol. The number of carbonyl (C=O) groups is 1. The van der Waals surface area contributed by atoms with Gasteiger partial charge in [0.05, 0.1) is 12.1 Å². The number of amides is 1. The number of carbonyl (C=O) groups excluding carboxylic acids is 1. The molecular formula is C13H24N2O2. The fourth-order valence-corrected chi connectivity index (χ4v) is 3.15. The van der Waals surface area contributed by atoms with E-state index in [1.54, 1.807) is 0 Å². The van der Waals surface area contributed by atoms with Crippen LogP contribution in [0.4, 0.5) is 0 Å². The Bertz CT molecular complexity index is 270. The van der Waals surface area contributed by atoms with Crippen molar-refractivity contribution in [1.29, 1.82) is 0 Å². The highest BCUT2D eigenvalue weighted by Crippen LogP contribution is 2.37. The van der Waals surface area contributed by atoms with Crippen molar-refractivity contribution in [2.75, 3.05) is 13.1 Å². The number of fused-ring (bicyclic) bond motifs is 1. The molecule has 4 nitrogen and oxygen atoms in total. The van der Waals surface area contributed by atoms with Gasteiger partial charge in [0.25, 0.3) is 0 Å². The summed E-state index contributed by atoms with van der Waals surface area (Å²) in [7, 11) is 0. The van der Waals surface area contributed by atoms with Crippen LogP contribution in [0.15, 0.2) is 0 Å². The minimum absolute atomic E-state index is 0.0151. The zero-order valence-corrected chi connectivity index (χ0v) is 10.6. The smallest absolute Gasteiger partial charge is 0.237 e. The molecule has 4 heteroatoms. The average Bonchev–Trinajstić information content (AvgIpc) is 2.89. The van der Waals surface area contributed by atoms with Gasteiger partial charge in [0.1, 0.15) is 0 Å². The van der Waals surface area contributed by atoms with Crippen molar-refractivity contribution in [2.24, 2.45) is 11.8 Å². The first-order chi connectivity index (χ1) is 8.22. The zero-order chi connectivity index (χ0) is 12.3. The first-order valence-corrected chi connectivity index (χ1v) is 6.91. The lowest BCUT2D eigenvalue weighted by atomic mass is 9.93. The number of hydrogen-bond acceptors (Lipinski definition) is 3. The second kappa shape index (κ2) is 5.83. The van der Waals surface area contributed by atoms with Crippen molar-refractivity contribution in [3.63, 3.8) is 0 Å². The first kappa shape index (κ1) is 12.8. The van der Waals surface area contributed by atoms with Crippen LogP contribution in [0.1, 0.15) is 39.0 Å². The first-order valence-electron chi connectivity index (χ1n) is 6.91. The maximum atomic E-state index is 12.0. The summed E-state index contributed by atoms with van der Waals surface area (Å²) in [5.74, 6) is 1.39. The number of nitrogens with one attached hydrogen (secondary N) is 2. The van der Waals surface area contributed by atoms with Crippen LogP contribution in [-0.4, -0.2) is 36.2 Å². The number of aliphatic hydroxyl groups is 1. The largest absolute Gasteiger partial charge is 0.393 e. The molecule has 0 aromatic heterocycles. The summed E-state index contributed by atoms with van der Waals surface area (Å²) in [4.78, 5) is 12.0. The van der Waals surface area contributed by atoms with Crippen molar-refractivity contribution in [1.82, 2.24) is 10.6 Å². The van der Waals surface area contributed by atoms with Gasteiger partial charge in [-0.05, 0) is 44.1 Å². The minimum atomic E-state index is -0.286. The molecule has 2 fully saturated rings. The molecule has 4 atom stereocenters. The van der Waals surface area contributed by atoms with E-state index in [4.69, 9.17) is 0 Å². The molecule has 2 rings (SSSR count). The lowest BCUT2D eigenvalue weighted by Crippen LogP contribution is -2.44. The molecule has 0 bridgehead atoms. The van der Waals surface area contributed by atoms with Crippen molar-refractivity contribution >= 4 is 5.91 Å². The van der Waals surface area contributed by atoms with Gasteiger partial charge in [-0.1, -0.05) is 13.3 Å². The molecule has 0 aromatic rings. The average molecular weight is 240 g/mol. The molecule has 1 saturated heterocycles. The Morgan fingerprint density at radius 3 is 3.12 bits per heavy atom. The molecule has 0 spiro atoms. The number of aliphatic hydroxyl groups excluding tert-OH is 1. The third-order valence-electron chi connectivity index (χ3n) is 4.28. The maximum absolute atomic E-state index is 12.0. The summed E-state index contributed by atoms with van der Waals surface area (Å²) in [6, 6.07) is 0.0151. The molecule has 1 amide bonds. The molecule has 0 radical (unpaired) electrons. The fraction of sp³-hybridized carbons (Fsp3) is 0.923. The van der Waals surface area contributed by atoms with Gasteiger partial charge in [-0.15, -0.1) is 0 Å². The normalized spacial score (nSPS) is 33.4. The van der Waals surface area contributed by atoms with Crippen molar-refractivity contribution in [3.8, 4) is 0 Å². The van der Waals surface area contributed by atoms with Gasteiger partial charge >= 0.3 is 0 Å². The van der Waals surface area contributed by atoms with E-state index in [2.05, 4.69) is 10.6 Å². The number of rotatable bonds is 5. The van der Waals surface area contributed by atoms with E-state index in [1.165, 1.54) is 19.3 Å². The van der Waals surface area contributed by atoms with Crippen LogP contribution < -0.4 is 10.6 Å². The molecular weight excluding hydrogens is 216 g/mol. The molecule has 0 aromatic carbocycles. The molecule has 1 saturated carbocycles. The topological polar surface area (TPSA) is 61.4 Å². The van der Waals surface area contributed by atoms with E-state index in [-0.39, 0.29) is 18.1 Å². The lowest BCUT2D eigenvalue weighted by molar-refractivity contribution is -0.123. The molecule has 4 unspecified atom stereocenters. The lowest BCUT2D eigenvalue weighted by Gasteiger charge is -2.18. The highest BCUT2D eigenvalue weighted by atomic mass is 16.3. The summed E-state index contributed by atoms with van der Waals surface area (Å²) >= 11 is 0. The SMILES string of the molecule is CCC(O)CCNC(=O)C1NCC2CCCC21. The summed E-state index contributed by atoms with van der Waals surface area (Å²) in [6.45, 7) is 3.54. The van der Waals surface area contributed by atoms with E-state index < -0.39 is 0 Å². The van der Waals surface area contributed by atoms with Gasteiger partial charge in [-0.2, -0.15) is 0 Å². The summed E-state index contributed by atoms with van der Waals surface area (Å²) in [5, 5.41) is 15.7. The summed E-state index contributed by atoms with van der Waals surface area (Å²) in [5.41, 5.74) is 0. The van der Waals surface area contributed by atoms with E-state index in [9.17, 15) is 9.90 Å².